The average molecular weight is 385 g/mol. The van der Waals surface area contributed by atoms with E-state index in [1.165, 1.54) is 84.3 Å². The molecular formula is C27H32N2. The molecule has 150 valence electrons. The van der Waals surface area contributed by atoms with E-state index in [0.29, 0.717) is 0 Å². The number of hydrogen-bond donors (Lipinski definition) is 1. The fraction of sp³-hybridized carbons (Fsp3) is 0.519. The summed E-state index contributed by atoms with van der Waals surface area (Å²) in [5.41, 5.74) is 8.18. The fourth-order valence-corrected chi connectivity index (χ4v) is 6.83. The van der Waals surface area contributed by atoms with E-state index < -0.39 is 0 Å². The number of nitriles is 1. The van der Waals surface area contributed by atoms with Crippen LogP contribution in [0.1, 0.15) is 94.4 Å². The summed E-state index contributed by atoms with van der Waals surface area (Å²) in [5, 5.41) is 12.7. The Morgan fingerprint density at radius 3 is 2.38 bits per heavy atom. The van der Waals surface area contributed by atoms with Crippen LogP contribution >= 0.6 is 0 Å². The third-order valence-corrected chi connectivity index (χ3v) is 8.70. The summed E-state index contributed by atoms with van der Waals surface area (Å²) in [6, 6.07) is 11.8. The third-order valence-electron chi connectivity index (χ3n) is 8.70. The third kappa shape index (κ3) is 2.46. The van der Waals surface area contributed by atoms with Crippen LogP contribution < -0.4 is 0 Å². The monoisotopic (exact) mass is 384 g/mol. The van der Waals surface area contributed by atoms with Crippen LogP contribution in [0.3, 0.4) is 0 Å². The standard InChI is InChI=1S/C27H32N2/c1-4-26(5-2,6-3)19-9-10-22-21(16-19)24-20-11-14-27(12-7-8-13-27)25(20)18(17-28)15-23(24)29-22/h9-10,15-16,29H,4-8,11-14H2,1-3H3. The van der Waals surface area contributed by atoms with Gasteiger partial charge in [-0.25, -0.2) is 0 Å². The van der Waals surface area contributed by atoms with Crippen molar-refractivity contribution in [2.24, 2.45) is 0 Å². The highest BCUT2D eigenvalue weighted by atomic mass is 14.7. The fourth-order valence-electron chi connectivity index (χ4n) is 6.83. The zero-order valence-corrected chi connectivity index (χ0v) is 18.1. The van der Waals surface area contributed by atoms with Gasteiger partial charge in [0, 0.05) is 21.8 Å². The van der Waals surface area contributed by atoms with Crippen LogP contribution in [0.5, 0.6) is 0 Å². The molecule has 29 heavy (non-hydrogen) atoms. The van der Waals surface area contributed by atoms with E-state index in [0.717, 1.165) is 17.5 Å². The highest BCUT2D eigenvalue weighted by Gasteiger charge is 2.43. The molecule has 0 radical (unpaired) electrons. The molecule has 0 saturated heterocycles. The van der Waals surface area contributed by atoms with Crippen molar-refractivity contribution < 1.29 is 0 Å². The lowest BCUT2D eigenvalue weighted by molar-refractivity contribution is 0.382. The summed E-state index contributed by atoms with van der Waals surface area (Å²) in [6.45, 7) is 6.98. The molecule has 2 aliphatic carbocycles. The summed E-state index contributed by atoms with van der Waals surface area (Å²) in [6.07, 6.45) is 11.0. The van der Waals surface area contributed by atoms with Crippen molar-refractivity contribution in [1.82, 2.24) is 4.98 Å². The maximum absolute atomic E-state index is 9.96. The molecule has 1 heterocycles. The molecule has 1 N–H and O–H groups in total. The average Bonchev–Trinajstić information content (AvgIpc) is 3.47. The number of aryl methyl sites for hydroxylation is 1. The Labute approximate surface area is 174 Å². The van der Waals surface area contributed by atoms with Gasteiger partial charge in [-0.15, -0.1) is 0 Å². The first-order valence-electron chi connectivity index (χ1n) is 11.6. The van der Waals surface area contributed by atoms with E-state index >= 15 is 0 Å². The van der Waals surface area contributed by atoms with Gasteiger partial charge in [-0.05, 0) is 90.7 Å². The Kier molecular flexibility index (Phi) is 4.28. The highest BCUT2D eigenvalue weighted by molar-refractivity contribution is 6.10. The maximum Gasteiger partial charge on any atom is 0.0995 e. The molecule has 2 heteroatoms. The van der Waals surface area contributed by atoms with Gasteiger partial charge in [-0.2, -0.15) is 5.26 Å². The first-order valence-corrected chi connectivity index (χ1v) is 11.6. The Bertz CT molecular complexity index is 1120. The minimum atomic E-state index is 0.264. The van der Waals surface area contributed by atoms with Crippen LogP contribution in [-0.2, 0) is 17.3 Å². The van der Waals surface area contributed by atoms with Crippen molar-refractivity contribution in [2.75, 3.05) is 0 Å². The Morgan fingerprint density at radius 2 is 1.72 bits per heavy atom. The van der Waals surface area contributed by atoms with Gasteiger partial charge in [-0.3, -0.25) is 0 Å². The van der Waals surface area contributed by atoms with E-state index in [1.54, 1.807) is 0 Å². The molecule has 3 aromatic rings. The van der Waals surface area contributed by atoms with E-state index in [1.807, 2.05) is 0 Å². The van der Waals surface area contributed by atoms with Gasteiger partial charge in [0.2, 0.25) is 0 Å². The molecule has 2 aromatic carbocycles. The second kappa shape index (κ2) is 6.63. The molecule has 0 atom stereocenters. The molecule has 1 fully saturated rings. The normalized spacial score (nSPS) is 18.0. The van der Waals surface area contributed by atoms with E-state index in [-0.39, 0.29) is 10.8 Å². The van der Waals surface area contributed by atoms with Crippen molar-refractivity contribution in [1.29, 1.82) is 5.26 Å². The largest absolute Gasteiger partial charge is 0.354 e. The second-order valence-corrected chi connectivity index (χ2v) is 9.53. The number of benzene rings is 2. The Morgan fingerprint density at radius 1 is 1.00 bits per heavy atom. The van der Waals surface area contributed by atoms with Crippen LogP contribution in [0, 0.1) is 11.3 Å². The quantitative estimate of drug-likeness (QED) is 0.499. The van der Waals surface area contributed by atoms with Crippen molar-refractivity contribution in [3.63, 3.8) is 0 Å². The van der Waals surface area contributed by atoms with Crippen LogP contribution in [0.4, 0.5) is 0 Å². The minimum Gasteiger partial charge on any atom is -0.354 e. The van der Waals surface area contributed by atoms with Crippen LogP contribution in [-0.4, -0.2) is 4.98 Å². The molecule has 0 aliphatic heterocycles. The van der Waals surface area contributed by atoms with Gasteiger partial charge in [0.25, 0.3) is 0 Å². The van der Waals surface area contributed by atoms with Gasteiger partial charge in [0.05, 0.1) is 11.6 Å². The number of nitrogens with zero attached hydrogens (tertiary/aromatic N) is 1. The first kappa shape index (κ1) is 18.7. The molecule has 0 unspecified atom stereocenters. The molecule has 0 amide bonds. The number of aromatic nitrogens is 1. The van der Waals surface area contributed by atoms with Crippen LogP contribution in [0.25, 0.3) is 21.8 Å². The lowest BCUT2D eigenvalue weighted by Gasteiger charge is -2.31. The van der Waals surface area contributed by atoms with Crippen LogP contribution in [0.15, 0.2) is 24.3 Å². The van der Waals surface area contributed by atoms with Crippen molar-refractivity contribution in [3.05, 3.63) is 46.5 Å². The summed E-state index contributed by atoms with van der Waals surface area (Å²) in [5.74, 6) is 0. The van der Waals surface area contributed by atoms with Crippen molar-refractivity contribution >= 4 is 21.8 Å². The molecule has 1 aromatic heterocycles. The first-order chi connectivity index (χ1) is 14.1. The highest BCUT2D eigenvalue weighted by Crippen LogP contribution is 2.53. The molecule has 5 rings (SSSR count). The number of hydrogen-bond acceptors (Lipinski definition) is 1. The van der Waals surface area contributed by atoms with E-state index in [9.17, 15) is 5.26 Å². The molecule has 2 nitrogen and oxygen atoms in total. The van der Waals surface area contributed by atoms with Gasteiger partial charge >= 0.3 is 0 Å². The lowest BCUT2D eigenvalue weighted by Crippen LogP contribution is -2.23. The van der Waals surface area contributed by atoms with Crippen molar-refractivity contribution in [2.45, 2.75) is 89.4 Å². The van der Waals surface area contributed by atoms with Crippen LogP contribution in [0.2, 0.25) is 0 Å². The molecule has 1 spiro atoms. The zero-order chi connectivity index (χ0) is 20.2. The van der Waals surface area contributed by atoms with Gasteiger partial charge < -0.3 is 4.98 Å². The topological polar surface area (TPSA) is 39.6 Å². The summed E-state index contributed by atoms with van der Waals surface area (Å²) < 4.78 is 0. The van der Waals surface area contributed by atoms with E-state index in [2.05, 4.69) is 56.1 Å². The second-order valence-electron chi connectivity index (χ2n) is 9.53. The summed E-state index contributed by atoms with van der Waals surface area (Å²) in [7, 11) is 0. The predicted molar refractivity (Wildman–Crippen MR) is 122 cm³/mol. The SMILES string of the molecule is CCC(CC)(CC)c1ccc2[nH]c3cc(C#N)c4c(c3c2c1)CCC41CCCC1. The molecule has 1 saturated carbocycles. The molecule has 0 bridgehead atoms. The predicted octanol–water partition coefficient (Wildman–Crippen LogP) is 7.42. The minimum absolute atomic E-state index is 0.264. The van der Waals surface area contributed by atoms with Gasteiger partial charge in [-0.1, -0.05) is 39.7 Å². The number of aromatic amines is 1. The molecule has 2 aliphatic rings. The molecular weight excluding hydrogens is 352 g/mol. The number of fused-ring (bicyclic) bond motifs is 6. The van der Waals surface area contributed by atoms with Crippen molar-refractivity contribution in [3.8, 4) is 6.07 Å². The smallest absolute Gasteiger partial charge is 0.0995 e. The van der Waals surface area contributed by atoms with Gasteiger partial charge in [0.15, 0.2) is 0 Å². The zero-order valence-electron chi connectivity index (χ0n) is 18.1. The summed E-state index contributed by atoms with van der Waals surface area (Å²) >= 11 is 0. The Hall–Kier alpha value is -2.27. The van der Waals surface area contributed by atoms with E-state index in [4.69, 9.17) is 0 Å². The number of nitrogens with one attached hydrogen (secondary N) is 1. The van der Waals surface area contributed by atoms with Gasteiger partial charge in [0.1, 0.15) is 0 Å². The lowest BCUT2D eigenvalue weighted by atomic mass is 9.73. The summed E-state index contributed by atoms with van der Waals surface area (Å²) in [4.78, 5) is 3.64. The Balaban J connectivity index is 1.82. The number of H-pyrrole nitrogens is 1. The number of rotatable bonds is 4. The maximum atomic E-state index is 9.96.